The summed E-state index contributed by atoms with van der Waals surface area (Å²) < 4.78 is 64.5. The summed E-state index contributed by atoms with van der Waals surface area (Å²) in [5.41, 5.74) is -4.02. The van der Waals surface area contributed by atoms with Crippen LogP contribution in [-0.4, -0.2) is 205 Å². The van der Waals surface area contributed by atoms with Gasteiger partial charge >= 0.3 is 17.9 Å². The van der Waals surface area contributed by atoms with E-state index in [0.717, 1.165) is 5.56 Å². The molecule has 3 saturated heterocycles. The highest BCUT2D eigenvalue weighted by atomic mass is 16.7. The van der Waals surface area contributed by atoms with Crippen molar-refractivity contribution < 1.29 is 82.2 Å². The van der Waals surface area contributed by atoms with E-state index < -0.39 is 113 Å². The summed E-state index contributed by atoms with van der Waals surface area (Å²) in [4.78, 5) is 56.3. The summed E-state index contributed by atoms with van der Waals surface area (Å²) in [5.74, 6) is -4.70. The van der Waals surface area contributed by atoms with E-state index in [-0.39, 0.29) is 56.1 Å². The quantitative estimate of drug-likeness (QED) is 0.0827. The van der Waals surface area contributed by atoms with Gasteiger partial charge in [0.25, 0.3) is 0 Å². The van der Waals surface area contributed by atoms with E-state index in [1.165, 1.54) is 26.3 Å². The number of aliphatic hydroxyl groups is 3. The van der Waals surface area contributed by atoms with Crippen molar-refractivity contribution in [3.05, 3.63) is 58.1 Å². The first kappa shape index (κ1) is 65.7. The summed E-state index contributed by atoms with van der Waals surface area (Å²) in [6.07, 6.45) is -3.26. The van der Waals surface area contributed by atoms with E-state index >= 15 is 0 Å². The summed E-state index contributed by atoms with van der Waals surface area (Å²) in [6.45, 7) is 20.5. The third-order valence-electron chi connectivity index (χ3n) is 16.4. The van der Waals surface area contributed by atoms with Gasteiger partial charge in [0.15, 0.2) is 18.7 Å². The van der Waals surface area contributed by atoms with Crippen molar-refractivity contribution in [2.24, 2.45) is 17.8 Å². The van der Waals surface area contributed by atoms with Gasteiger partial charge in [0.05, 0.1) is 72.6 Å². The molecule has 3 aliphatic heterocycles. The molecular formula is C58H93N3O18. The molecule has 0 aliphatic carbocycles. The Balaban J connectivity index is 1.40. The molecule has 0 radical (unpaired) electrons. The normalized spacial score (nSPS) is 36.7. The zero-order valence-corrected chi connectivity index (χ0v) is 49.5. The third-order valence-corrected chi connectivity index (χ3v) is 16.4. The highest BCUT2D eigenvalue weighted by Gasteiger charge is 2.54. The average Bonchev–Trinajstić information content (AvgIpc) is 3.38. The first-order valence-electron chi connectivity index (χ1n) is 27.8. The number of hydrogen-bond acceptors (Lipinski definition) is 19. The molecule has 0 amide bonds. The van der Waals surface area contributed by atoms with Gasteiger partial charge in [-0.25, -0.2) is 4.79 Å². The number of cyclic esters (lactones) is 1. The Morgan fingerprint density at radius 2 is 1.63 bits per heavy atom. The molecule has 0 unspecified atom stereocenters. The summed E-state index contributed by atoms with van der Waals surface area (Å²) in [7, 11) is 8.72. The molecule has 4 N–H and O–H groups in total. The first-order chi connectivity index (χ1) is 37.0. The average molecular weight is 1120 g/mol. The van der Waals surface area contributed by atoms with Gasteiger partial charge in [0, 0.05) is 64.2 Å². The number of fused-ring (bicyclic) bond motifs is 1. The molecule has 21 heteroatoms. The molecule has 3 fully saturated rings. The monoisotopic (exact) mass is 1120 g/mol. The zero-order valence-electron chi connectivity index (χ0n) is 49.5. The SMILES string of the molecule is CC[C@H]1OC(=O)[C@H](C)[C@@H](O[C@H]2C[C@@](C)(OC)[C@@H](OCCO/C=C/Cc3ccc4c(c3)c(=O)c(C(=O)O)cn4CCOC)[C@H](C)O2)[C@H](C)[C@@H](O[C@@H]2O[C@H](C)C[C@H](N(C)C)[C@H]2OC(C)=O)[C@](C)(O)C[C@@H](C)CN(C)[C@H](C)[C@@H](O)[C@]1(C)O. The van der Waals surface area contributed by atoms with Crippen LogP contribution in [0.5, 0.6) is 0 Å². The Labute approximate surface area is 466 Å². The van der Waals surface area contributed by atoms with Crippen LogP contribution in [0.25, 0.3) is 10.9 Å². The van der Waals surface area contributed by atoms with Crippen molar-refractivity contribution in [3.8, 4) is 0 Å². The van der Waals surface area contributed by atoms with E-state index in [1.54, 1.807) is 64.7 Å². The van der Waals surface area contributed by atoms with Gasteiger partial charge in [-0.3, -0.25) is 14.4 Å². The van der Waals surface area contributed by atoms with E-state index in [1.807, 2.05) is 71.6 Å². The number of carbonyl (C=O) groups excluding carboxylic acids is 2. The molecular weight excluding hydrogens is 1030 g/mol. The maximum atomic E-state index is 14.7. The van der Waals surface area contributed by atoms with E-state index in [0.29, 0.717) is 43.4 Å². The van der Waals surface area contributed by atoms with Crippen LogP contribution in [0, 0.1) is 17.8 Å². The minimum Gasteiger partial charge on any atom is -0.499 e. The lowest BCUT2D eigenvalue weighted by molar-refractivity contribution is -0.321. The fourth-order valence-electron chi connectivity index (χ4n) is 12.0. The fourth-order valence-corrected chi connectivity index (χ4v) is 12.0. The Morgan fingerprint density at radius 3 is 2.25 bits per heavy atom. The molecule has 2 aromatic rings. The van der Waals surface area contributed by atoms with Crippen molar-refractivity contribution in [2.75, 3.05) is 61.7 Å². The molecule has 18 atom stereocenters. The predicted octanol–water partition coefficient (Wildman–Crippen LogP) is 4.93. The van der Waals surface area contributed by atoms with Gasteiger partial charge in [0.2, 0.25) is 5.43 Å². The number of carboxylic acids is 1. The van der Waals surface area contributed by atoms with Gasteiger partial charge in [-0.1, -0.05) is 26.8 Å². The minimum absolute atomic E-state index is 0.130. The number of aromatic carboxylic acids is 1. The largest absolute Gasteiger partial charge is 0.499 e. The zero-order chi connectivity index (χ0) is 58.9. The molecule has 0 bridgehead atoms. The summed E-state index contributed by atoms with van der Waals surface area (Å²) in [6, 6.07) is 4.45. The van der Waals surface area contributed by atoms with Crippen molar-refractivity contribution in [3.63, 3.8) is 0 Å². The standard InChI is InChI=1S/C58H93N3O18/c1-17-45-58(11,69)50(64)37(6)60(14)31-33(2)29-56(9,68)51(79-55-49(76-39(8)62)44(59(12)13)27-34(3)74-55)35(4)48(36(5)54(67)77-45)78-46-30-57(10,71-16)52(38(7)75-46)73-26-25-72-23-18-19-40-20-21-43-41(28-40)47(63)42(53(65)66)32-61(43)22-24-70-15/h18,20-21,23,28,32-38,44-46,48-52,55,64,68-69H,17,19,22,24-27,29-31H2,1-16H3,(H,65,66)/b23-18+/t33-,34-,35+,36-,37-,38+,44+,45-,46+,48+,49-,50-,51-,52+,55+,56-,57-,58-/m1/s1. The van der Waals surface area contributed by atoms with Crippen LogP contribution in [0.2, 0.25) is 0 Å². The van der Waals surface area contributed by atoms with Crippen molar-refractivity contribution in [1.29, 1.82) is 0 Å². The first-order valence-corrected chi connectivity index (χ1v) is 27.8. The van der Waals surface area contributed by atoms with Crippen LogP contribution in [0.1, 0.15) is 118 Å². The molecule has 1 aromatic heterocycles. The van der Waals surface area contributed by atoms with Crippen molar-refractivity contribution in [1.82, 2.24) is 14.4 Å². The molecule has 79 heavy (non-hydrogen) atoms. The smallest absolute Gasteiger partial charge is 0.341 e. The lowest BCUT2D eigenvalue weighted by atomic mass is 9.77. The third kappa shape index (κ3) is 16.1. The van der Waals surface area contributed by atoms with Gasteiger partial charge in [-0.2, -0.15) is 0 Å². The molecule has 3 aliphatic rings. The van der Waals surface area contributed by atoms with Gasteiger partial charge in [-0.15, -0.1) is 0 Å². The number of ether oxygens (including phenoxy) is 10. The Bertz CT molecular complexity index is 2410. The van der Waals surface area contributed by atoms with E-state index in [4.69, 9.17) is 47.4 Å². The topological polar surface area (TPSA) is 253 Å². The number of hydrogen-bond donors (Lipinski definition) is 4. The summed E-state index contributed by atoms with van der Waals surface area (Å²) >= 11 is 0. The van der Waals surface area contributed by atoms with Crippen LogP contribution in [0.4, 0.5) is 0 Å². The highest BCUT2D eigenvalue weighted by Crippen LogP contribution is 2.41. The maximum absolute atomic E-state index is 14.7. The Kier molecular flexibility index (Phi) is 23.5. The molecule has 1 aromatic carbocycles. The van der Waals surface area contributed by atoms with Crippen LogP contribution >= 0.6 is 0 Å². The van der Waals surface area contributed by atoms with Crippen molar-refractivity contribution >= 4 is 28.8 Å². The molecule has 0 spiro atoms. The second-order valence-electron chi connectivity index (χ2n) is 23.3. The summed E-state index contributed by atoms with van der Waals surface area (Å²) in [5, 5.41) is 46.6. The van der Waals surface area contributed by atoms with Crippen molar-refractivity contribution in [2.45, 2.75) is 205 Å². The lowest BCUT2D eigenvalue weighted by Crippen LogP contribution is -2.61. The number of esters is 2. The number of aliphatic hydroxyl groups excluding tert-OH is 1. The number of benzene rings is 1. The lowest BCUT2D eigenvalue weighted by Gasteiger charge is -2.49. The molecule has 0 saturated carbocycles. The van der Waals surface area contributed by atoms with Gasteiger partial charge in [0.1, 0.15) is 36.1 Å². The highest BCUT2D eigenvalue weighted by molar-refractivity contribution is 5.92. The number of carboxylic acid groups (broad SMARTS) is 1. The van der Waals surface area contributed by atoms with E-state index in [9.17, 15) is 39.6 Å². The van der Waals surface area contributed by atoms with Crippen LogP contribution in [-0.2, 0) is 69.9 Å². The molecule has 5 rings (SSSR count). The number of pyridine rings is 1. The van der Waals surface area contributed by atoms with Crippen LogP contribution < -0.4 is 5.43 Å². The number of likely N-dealkylation sites (N-methyl/N-ethyl adjacent to an activating group) is 2. The number of aromatic nitrogens is 1. The number of rotatable bonds is 19. The fraction of sp³-hybridized carbons (Fsp3) is 0.759. The molecule has 448 valence electrons. The number of nitrogens with zero attached hydrogens (tertiary/aromatic N) is 3. The second-order valence-corrected chi connectivity index (χ2v) is 23.3. The number of carbonyl (C=O) groups is 3. The second kappa shape index (κ2) is 28.3. The number of allylic oxidation sites excluding steroid dienone is 1. The minimum atomic E-state index is -1.87. The van der Waals surface area contributed by atoms with Crippen LogP contribution in [0.15, 0.2) is 41.5 Å². The molecule has 21 nitrogen and oxygen atoms in total. The van der Waals surface area contributed by atoms with Gasteiger partial charge in [-0.05, 0) is 125 Å². The van der Waals surface area contributed by atoms with E-state index in [2.05, 4.69) is 0 Å². The molecule has 4 heterocycles. The van der Waals surface area contributed by atoms with Gasteiger partial charge < -0.3 is 82.2 Å². The Hall–Kier alpha value is -4.10. The number of methoxy groups -OCH3 is 2. The Morgan fingerprint density at radius 1 is 0.937 bits per heavy atom. The maximum Gasteiger partial charge on any atom is 0.341 e. The van der Waals surface area contributed by atoms with Crippen LogP contribution in [0.3, 0.4) is 0 Å². The predicted molar refractivity (Wildman–Crippen MR) is 293 cm³/mol.